The quantitative estimate of drug-likeness (QED) is 0.807. The van der Waals surface area contributed by atoms with Gasteiger partial charge in [-0.15, -0.1) is 0 Å². The van der Waals surface area contributed by atoms with Crippen LogP contribution in [0.15, 0.2) is 24.3 Å². The molecule has 5 heteroatoms. The van der Waals surface area contributed by atoms with Crippen LogP contribution in [0.1, 0.15) is 26.7 Å². The van der Waals surface area contributed by atoms with E-state index in [1.54, 1.807) is 7.11 Å². The number of nitrogens with two attached hydrogens (primary N) is 1. The average molecular weight is 319 g/mol. The Morgan fingerprint density at radius 1 is 1.52 bits per heavy atom. The molecule has 1 aromatic carbocycles. The van der Waals surface area contributed by atoms with Crippen LogP contribution in [0.3, 0.4) is 0 Å². The maximum atomic E-state index is 12.1. The summed E-state index contributed by atoms with van der Waals surface area (Å²) in [4.78, 5) is 14.4. The number of nitrogens with one attached hydrogen (secondary N) is 1. The van der Waals surface area contributed by atoms with Crippen LogP contribution in [-0.4, -0.2) is 38.7 Å². The van der Waals surface area contributed by atoms with E-state index < -0.39 is 6.04 Å². The first-order valence-electron chi connectivity index (χ1n) is 8.47. The van der Waals surface area contributed by atoms with Gasteiger partial charge in [-0.3, -0.25) is 4.79 Å². The molecule has 0 aliphatic carbocycles. The van der Waals surface area contributed by atoms with Crippen LogP contribution in [-0.2, 0) is 4.79 Å². The number of hydrogen-bond donors (Lipinski definition) is 2. The van der Waals surface area contributed by atoms with E-state index in [1.807, 2.05) is 19.1 Å². The second kappa shape index (κ2) is 8.20. The molecule has 23 heavy (non-hydrogen) atoms. The Hall–Kier alpha value is -1.75. The van der Waals surface area contributed by atoms with Crippen molar-refractivity contribution < 1.29 is 9.53 Å². The van der Waals surface area contributed by atoms with Crippen LogP contribution in [0.5, 0.6) is 5.75 Å². The number of carbonyl (C=O) groups is 1. The number of benzene rings is 1. The van der Waals surface area contributed by atoms with Crippen LogP contribution >= 0.6 is 0 Å². The minimum Gasteiger partial charge on any atom is -0.497 e. The van der Waals surface area contributed by atoms with Gasteiger partial charge in [-0.2, -0.15) is 0 Å². The number of carbonyl (C=O) groups excluding carboxylic acids is 1. The van der Waals surface area contributed by atoms with Gasteiger partial charge in [0.15, 0.2) is 0 Å². The normalized spacial score (nSPS) is 20.2. The summed E-state index contributed by atoms with van der Waals surface area (Å²) in [7, 11) is 1.68. The Morgan fingerprint density at radius 2 is 2.30 bits per heavy atom. The van der Waals surface area contributed by atoms with Gasteiger partial charge >= 0.3 is 0 Å². The third-order valence-electron chi connectivity index (χ3n) is 4.83. The second-order valence-electron chi connectivity index (χ2n) is 6.46. The fourth-order valence-corrected chi connectivity index (χ4v) is 2.92. The number of nitrogens with zero attached hydrogens (tertiary/aromatic N) is 1. The maximum Gasteiger partial charge on any atom is 0.237 e. The number of anilines is 1. The van der Waals surface area contributed by atoms with Gasteiger partial charge in [0.25, 0.3) is 0 Å². The molecule has 5 nitrogen and oxygen atoms in total. The molecule has 1 saturated heterocycles. The highest BCUT2D eigenvalue weighted by Gasteiger charge is 2.25. The standard InChI is InChI=1S/C18H29N3O2/c1-4-13(2)17(19)18(22)20-11-14-8-9-21(12-14)15-6-5-7-16(10-15)23-3/h5-7,10,13-14,17H,4,8-9,11-12,19H2,1-3H3,(H,20,22). The number of methoxy groups -OCH3 is 1. The third kappa shape index (κ3) is 4.61. The third-order valence-corrected chi connectivity index (χ3v) is 4.83. The van der Waals surface area contributed by atoms with Gasteiger partial charge in [0.1, 0.15) is 5.75 Å². The first-order chi connectivity index (χ1) is 11.0. The molecular weight excluding hydrogens is 290 g/mol. The molecule has 1 aromatic rings. The van der Waals surface area contributed by atoms with Crippen molar-refractivity contribution in [2.45, 2.75) is 32.7 Å². The summed E-state index contributed by atoms with van der Waals surface area (Å²) in [6.45, 7) is 6.73. The van der Waals surface area contributed by atoms with Gasteiger partial charge in [-0.05, 0) is 30.4 Å². The molecule has 2 rings (SSSR count). The van der Waals surface area contributed by atoms with E-state index in [1.165, 1.54) is 5.69 Å². The number of rotatable bonds is 7. The summed E-state index contributed by atoms with van der Waals surface area (Å²) >= 11 is 0. The first kappa shape index (κ1) is 17.6. The summed E-state index contributed by atoms with van der Waals surface area (Å²) in [6, 6.07) is 7.71. The van der Waals surface area contributed by atoms with Crippen molar-refractivity contribution in [3.05, 3.63) is 24.3 Å². The van der Waals surface area contributed by atoms with Gasteiger partial charge in [-0.1, -0.05) is 26.3 Å². The lowest BCUT2D eigenvalue weighted by Crippen LogP contribution is -2.46. The van der Waals surface area contributed by atoms with E-state index in [0.717, 1.165) is 31.7 Å². The average Bonchev–Trinajstić information content (AvgIpc) is 3.07. The molecule has 0 aromatic heterocycles. The Kier molecular flexibility index (Phi) is 6.28. The van der Waals surface area contributed by atoms with E-state index in [4.69, 9.17) is 10.5 Å². The molecule has 0 bridgehead atoms. The highest BCUT2D eigenvalue weighted by Crippen LogP contribution is 2.26. The van der Waals surface area contributed by atoms with Crippen LogP contribution in [0, 0.1) is 11.8 Å². The number of ether oxygens (including phenoxy) is 1. The van der Waals surface area contributed by atoms with Crippen molar-refractivity contribution in [1.82, 2.24) is 5.32 Å². The van der Waals surface area contributed by atoms with E-state index in [2.05, 4.69) is 29.3 Å². The minimum atomic E-state index is -0.407. The van der Waals surface area contributed by atoms with Crippen molar-refractivity contribution in [2.75, 3.05) is 31.6 Å². The Labute approximate surface area is 139 Å². The zero-order chi connectivity index (χ0) is 16.8. The second-order valence-corrected chi connectivity index (χ2v) is 6.46. The zero-order valence-electron chi connectivity index (χ0n) is 14.4. The van der Waals surface area contributed by atoms with Crippen molar-refractivity contribution in [3.8, 4) is 5.75 Å². The fraction of sp³-hybridized carbons (Fsp3) is 0.611. The molecule has 0 radical (unpaired) electrons. The van der Waals surface area contributed by atoms with Gasteiger partial charge in [0.05, 0.1) is 13.2 Å². The van der Waals surface area contributed by atoms with Crippen LogP contribution in [0.2, 0.25) is 0 Å². The summed E-state index contributed by atoms with van der Waals surface area (Å²) in [5, 5.41) is 3.02. The van der Waals surface area contributed by atoms with Crippen molar-refractivity contribution in [1.29, 1.82) is 0 Å². The van der Waals surface area contributed by atoms with Crippen molar-refractivity contribution in [2.24, 2.45) is 17.6 Å². The molecule has 1 aliphatic heterocycles. The molecule has 3 atom stereocenters. The topological polar surface area (TPSA) is 67.6 Å². The van der Waals surface area contributed by atoms with Crippen LogP contribution < -0.4 is 20.7 Å². The zero-order valence-corrected chi connectivity index (χ0v) is 14.4. The Bertz CT molecular complexity index is 521. The SMILES string of the molecule is CCC(C)C(N)C(=O)NCC1CCN(c2cccc(OC)c2)C1. The summed E-state index contributed by atoms with van der Waals surface area (Å²) < 4.78 is 5.28. The summed E-state index contributed by atoms with van der Waals surface area (Å²) in [5.74, 6) is 1.53. The molecule has 0 spiro atoms. The smallest absolute Gasteiger partial charge is 0.237 e. The lowest BCUT2D eigenvalue weighted by molar-refractivity contribution is -0.123. The fourth-order valence-electron chi connectivity index (χ4n) is 2.92. The number of amides is 1. The van der Waals surface area contributed by atoms with E-state index in [9.17, 15) is 4.79 Å². The number of hydrogen-bond acceptors (Lipinski definition) is 4. The Balaban J connectivity index is 1.82. The van der Waals surface area contributed by atoms with Crippen molar-refractivity contribution in [3.63, 3.8) is 0 Å². The van der Waals surface area contributed by atoms with E-state index in [0.29, 0.717) is 12.5 Å². The molecule has 3 N–H and O–H groups in total. The highest BCUT2D eigenvalue weighted by molar-refractivity contribution is 5.81. The maximum absolute atomic E-state index is 12.1. The predicted octanol–water partition coefficient (Wildman–Crippen LogP) is 2.01. The molecule has 0 saturated carbocycles. The summed E-state index contributed by atoms with van der Waals surface area (Å²) in [5.41, 5.74) is 7.15. The molecule has 128 valence electrons. The predicted molar refractivity (Wildman–Crippen MR) is 93.8 cm³/mol. The molecule has 1 aliphatic rings. The lowest BCUT2D eigenvalue weighted by atomic mass is 9.99. The monoisotopic (exact) mass is 319 g/mol. The van der Waals surface area contributed by atoms with Gasteiger partial charge < -0.3 is 20.7 Å². The van der Waals surface area contributed by atoms with Gasteiger partial charge in [0.2, 0.25) is 5.91 Å². The van der Waals surface area contributed by atoms with Crippen molar-refractivity contribution >= 4 is 11.6 Å². The van der Waals surface area contributed by atoms with E-state index >= 15 is 0 Å². The van der Waals surface area contributed by atoms with Crippen LogP contribution in [0.25, 0.3) is 0 Å². The molecule has 1 fully saturated rings. The van der Waals surface area contributed by atoms with Gasteiger partial charge in [0, 0.05) is 31.4 Å². The molecule has 1 heterocycles. The van der Waals surface area contributed by atoms with E-state index in [-0.39, 0.29) is 11.8 Å². The molecule has 1 amide bonds. The minimum absolute atomic E-state index is 0.0285. The van der Waals surface area contributed by atoms with Crippen LogP contribution in [0.4, 0.5) is 5.69 Å². The lowest BCUT2D eigenvalue weighted by Gasteiger charge is -2.21. The highest BCUT2D eigenvalue weighted by atomic mass is 16.5. The molecular formula is C18H29N3O2. The molecule has 3 unspecified atom stereocenters. The van der Waals surface area contributed by atoms with Gasteiger partial charge in [-0.25, -0.2) is 0 Å². The largest absolute Gasteiger partial charge is 0.497 e. The first-order valence-corrected chi connectivity index (χ1v) is 8.47. The summed E-state index contributed by atoms with van der Waals surface area (Å²) in [6.07, 6.45) is 2.00. The Morgan fingerprint density at radius 3 is 3.00 bits per heavy atom.